The fraction of sp³-hybridized carbons (Fsp3) is 0.600. The maximum atomic E-state index is 12.3. The van der Waals surface area contributed by atoms with Gasteiger partial charge in [-0.2, -0.15) is 0 Å². The van der Waals surface area contributed by atoms with Gasteiger partial charge in [0.25, 0.3) is 0 Å². The smallest absolute Gasteiger partial charge is 0.321 e. The Hall–Kier alpha value is -1.82. The van der Waals surface area contributed by atoms with Gasteiger partial charge in [-0.05, 0) is 24.3 Å². The summed E-state index contributed by atoms with van der Waals surface area (Å²) in [7, 11) is 1.55. The van der Waals surface area contributed by atoms with E-state index in [0.717, 1.165) is 0 Å². The lowest BCUT2D eigenvalue weighted by Crippen LogP contribution is -2.40. The number of aromatic nitrogens is 1. The molecular formula is C15H23N3O3. The van der Waals surface area contributed by atoms with E-state index in [1.807, 2.05) is 0 Å². The molecule has 116 valence electrons. The van der Waals surface area contributed by atoms with Crippen molar-refractivity contribution in [1.82, 2.24) is 9.88 Å². The minimum absolute atomic E-state index is 0.0919. The van der Waals surface area contributed by atoms with Gasteiger partial charge in [0.15, 0.2) is 0 Å². The van der Waals surface area contributed by atoms with Crippen LogP contribution < -0.4 is 10.1 Å². The molecule has 1 fully saturated rings. The molecule has 0 saturated carbocycles. The highest BCUT2D eigenvalue weighted by Crippen LogP contribution is 2.28. The van der Waals surface area contributed by atoms with Crippen LogP contribution in [-0.2, 0) is 0 Å². The van der Waals surface area contributed by atoms with Crippen LogP contribution in [0.2, 0.25) is 0 Å². The van der Waals surface area contributed by atoms with Crippen molar-refractivity contribution in [1.29, 1.82) is 0 Å². The first-order valence-electron chi connectivity index (χ1n) is 7.14. The zero-order valence-corrected chi connectivity index (χ0v) is 12.8. The summed E-state index contributed by atoms with van der Waals surface area (Å²) in [6, 6.07) is 3.29. The van der Waals surface area contributed by atoms with E-state index < -0.39 is 0 Å². The molecule has 1 atom stereocenters. The first-order chi connectivity index (χ1) is 9.89. The van der Waals surface area contributed by atoms with E-state index in [0.29, 0.717) is 37.5 Å². The summed E-state index contributed by atoms with van der Waals surface area (Å²) >= 11 is 0. The number of anilines is 1. The van der Waals surface area contributed by atoms with Gasteiger partial charge in [-0.3, -0.25) is 0 Å². The lowest BCUT2D eigenvalue weighted by atomic mass is 9.87. The fourth-order valence-electron chi connectivity index (χ4n) is 2.66. The number of carbonyl (C=O) groups excluding carboxylic acids is 1. The molecule has 2 amide bonds. The first kappa shape index (κ1) is 15.6. The van der Waals surface area contributed by atoms with Crippen molar-refractivity contribution >= 4 is 11.7 Å². The van der Waals surface area contributed by atoms with Crippen LogP contribution in [0, 0.1) is 5.41 Å². The summed E-state index contributed by atoms with van der Waals surface area (Å²) in [5.74, 6) is 0.507. The van der Waals surface area contributed by atoms with Crippen molar-refractivity contribution in [3.8, 4) is 5.88 Å². The number of nitrogens with one attached hydrogen (secondary N) is 1. The minimum Gasteiger partial charge on any atom is -0.481 e. The number of hydrogen-bond donors (Lipinski definition) is 2. The Morgan fingerprint density at radius 1 is 1.52 bits per heavy atom. The summed E-state index contributed by atoms with van der Waals surface area (Å²) in [6.07, 6.45) is 2.54. The average Bonchev–Trinajstić information content (AvgIpc) is 2.57. The number of urea groups is 1. The topological polar surface area (TPSA) is 74.7 Å². The van der Waals surface area contributed by atoms with E-state index in [4.69, 9.17) is 4.74 Å². The van der Waals surface area contributed by atoms with Gasteiger partial charge in [0, 0.05) is 19.2 Å². The molecule has 0 spiro atoms. The summed E-state index contributed by atoms with van der Waals surface area (Å²) < 4.78 is 4.98. The molecule has 0 radical (unpaired) electrons. The molecule has 1 aromatic rings. The molecule has 0 bridgehead atoms. The van der Waals surface area contributed by atoms with E-state index in [-0.39, 0.29) is 17.6 Å². The Morgan fingerprint density at radius 3 is 2.90 bits per heavy atom. The molecule has 21 heavy (non-hydrogen) atoms. The SMILES string of the molecule is COc1ccc(NC(=O)N2CCC(O)CC(C)(C)C2)cn1. The normalized spacial score (nSPS) is 21.5. The molecule has 2 heterocycles. The number of likely N-dealkylation sites (tertiary alicyclic amines) is 1. The van der Waals surface area contributed by atoms with E-state index >= 15 is 0 Å². The number of amides is 2. The number of methoxy groups -OCH3 is 1. The number of aliphatic hydroxyl groups excluding tert-OH is 1. The van der Waals surface area contributed by atoms with Crippen LogP contribution in [0.25, 0.3) is 0 Å². The Labute approximate surface area is 125 Å². The Balaban J connectivity index is 2.01. The van der Waals surface area contributed by atoms with Crippen molar-refractivity contribution in [2.75, 3.05) is 25.5 Å². The lowest BCUT2D eigenvalue weighted by molar-refractivity contribution is 0.122. The Bertz CT molecular complexity index is 487. The Kier molecular flexibility index (Phi) is 4.67. The molecule has 1 aliphatic rings. The fourth-order valence-corrected chi connectivity index (χ4v) is 2.66. The summed E-state index contributed by atoms with van der Waals surface area (Å²) in [5.41, 5.74) is 0.536. The van der Waals surface area contributed by atoms with Crippen LogP contribution in [0.5, 0.6) is 5.88 Å². The van der Waals surface area contributed by atoms with Gasteiger partial charge < -0.3 is 20.1 Å². The Morgan fingerprint density at radius 2 is 2.29 bits per heavy atom. The molecule has 1 saturated heterocycles. The molecule has 2 rings (SSSR count). The summed E-state index contributed by atoms with van der Waals surface area (Å²) in [4.78, 5) is 18.2. The minimum atomic E-state index is -0.347. The molecule has 6 heteroatoms. The number of ether oxygens (including phenoxy) is 1. The molecule has 1 aromatic heterocycles. The number of nitrogens with zero attached hydrogens (tertiary/aromatic N) is 2. The second kappa shape index (κ2) is 6.30. The van der Waals surface area contributed by atoms with Crippen molar-refractivity contribution in [3.05, 3.63) is 18.3 Å². The molecule has 6 nitrogen and oxygen atoms in total. The van der Waals surface area contributed by atoms with Crippen molar-refractivity contribution < 1.29 is 14.6 Å². The monoisotopic (exact) mass is 293 g/mol. The van der Waals surface area contributed by atoms with Gasteiger partial charge in [-0.1, -0.05) is 13.8 Å². The van der Waals surface area contributed by atoms with Crippen LogP contribution in [-0.4, -0.2) is 47.3 Å². The predicted molar refractivity (Wildman–Crippen MR) is 80.4 cm³/mol. The highest BCUT2D eigenvalue weighted by molar-refractivity contribution is 5.89. The van der Waals surface area contributed by atoms with E-state index in [1.54, 1.807) is 30.3 Å². The molecule has 2 N–H and O–H groups in total. The summed E-state index contributed by atoms with van der Waals surface area (Å²) in [5, 5.41) is 12.7. The standard InChI is InChI=1S/C15H23N3O3/c1-15(2)8-12(19)6-7-18(10-15)14(20)17-11-4-5-13(21-3)16-9-11/h4-5,9,12,19H,6-8,10H2,1-3H3,(H,17,20). The third kappa shape index (κ3) is 4.32. The van der Waals surface area contributed by atoms with Gasteiger partial charge >= 0.3 is 6.03 Å². The zero-order valence-electron chi connectivity index (χ0n) is 12.8. The van der Waals surface area contributed by atoms with Gasteiger partial charge in [0.05, 0.1) is 25.1 Å². The quantitative estimate of drug-likeness (QED) is 0.875. The lowest BCUT2D eigenvalue weighted by Gasteiger charge is -2.29. The maximum Gasteiger partial charge on any atom is 0.321 e. The van der Waals surface area contributed by atoms with Gasteiger partial charge in [0.2, 0.25) is 5.88 Å². The van der Waals surface area contributed by atoms with Crippen LogP contribution in [0.1, 0.15) is 26.7 Å². The highest BCUT2D eigenvalue weighted by atomic mass is 16.5. The second-order valence-electron chi connectivity index (χ2n) is 6.25. The molecule has 1 unspecified atom stereocenters. The van der Waals surface area contributed by atoms with Crippen molar-refractivity contribution in [2.45, 2.75) is 32.8 Å². The molecular weight excluding hydrogens is 270 g/mol. The van der Waals surface area contributed by atoms with E-state index in [9.17, 15) is 9.90 Å². The van der Waals surface area contributed by atoms with Crippen molar-refractivity contribution in [2.24, 2.45) is 5.41 Å². The second-order valence-corrected chi connectivity index (χ2v) is 6.25. The third-order valence-corrected chi connectivity index (χ3v) is 3.62. The van der Waals surface area contributed by atoms with Crippen molar-refractivity contribution in [3.63, 3.8) is 0 Å². The van der Waals surface area contributed by atoms with Gasteiger partial charge in [0.1, 0.15) is 0 Å². The van der Waals surface area contributed by atoms with Crippen LogP contribution >= 0.6 is 0 Å². The molecule has 0 aliphatic carbocycles. The molecule has 1 aliphatic heterocycles. The number of rotatable bonds is 2. The number of hydrogen-bond acceptors (Lipinski definition) is 4. The number of pyridine rings is 1. The van der Waals surface area contributed by atoms with Gasteiger partial charge in [-0.25, -0.2) is 9.78 Å². The highest BCUT2D eigenvalue weighted by Gasteiger charge is 2.31. The largest absolute Gasteiger partial charge is 0.481 e. The molecule has 0 aromatic carbocycles. The average molecular weight is 293 g/mol. The maximum absolute atomic E-state index is 12.3. The van der Waals surface area contributed by atoms with Gasteiger partial charge in [-0.15, -0.1) is 0 Å². The van der Waals surface area contributed by atoms with E-state index in [2.05, 4.69) is 24.1 Å². The van der Waals surface area contributed by atoms with Crippen LogP contribution in [0.4, 0.5) is 10.5 Å². The van der Waals surface area contributed by atoms with E-state index in [1.165, 1.54) is 0 Å². The number of carbonyl (C=O) groups is 1. The predicted octanol–water partition coefficient (Wildman–Crippen LogP) is 2.10. The summed E-state index contributed by atoms with van der Waals surface area (Å²) in [6.45, 7) is 5.31. The first-order valence-corrected chi connectivity index (χ1v) is 7.14. The van der Waals surface area contributed by atoms with Crippen LogP contribution in [0.3, 0.4) is 0 Å². The third-order valence-electron chi connectivity index (χ3n) is 3.62. The van der Waals surface area contributed by atoms with Crippen LogP contribution in [0.15, 0.2) is 18.3 Å². The zero-order chi connectivity index (χ0) is 15.5. The number of aliphatic hydroxyl groups is 1.